The van der Waals surface area contributed by atoms with Gasteiger partial charge in [0.1, 0.15) is 5.82 Å². The molecule has 23 heavy (non-hydrogen) atoms. The fraction of sp³-hybridized carbons (Fsp3) is 0.286. The van der Waals surface area contributed by atoms with Crippen molar-refractivity contribution in [2.45, 2.75) is 13.3 Å². The van der Waals surface area contributed by atoms with Gasteiger partial charge in [-0.1, -0.05) is 12.1 Å². The van der Waals surface area contributed by atoms with E-state index >= 15 is 0 Å². The van der Waals surface area contributed by atoms with Crippen LogP contribution in [0, 0.1) is 5.82 Å². The number of nitrogens with zero attached hydrogens (tertiary/aromatic N) is 3. The fourth-order valence-electron chi connectivity index (χ4n) is 2.09. The minimum absolute atomic E-state index is 0.0484. The Morgan fingerprint density at radius 2 is 2.13 bits per heavy atom. The lowest BCUT2D eigenvalue weighted by atomic mass is 10.2. The van der Waals surface area contributed by atoms with Crippen LogP contribution in [0.5, 0.6) is 0 Å². The zero-order chi connectivity index (χ0) is 16.4. The van der Waals surface area contributed by atoms with E-state index in [9.17, 15) is 12.8 Å². The molecule has 1 N–H and O–H groups in total. The molecule has 0 amide bonds. The van der Waals surface area contributed by atoms with Crippen LogP contribution in [0.2, 0.25) is 0 Å². The zero-order valence-corrected chi connectivity index (χ0v) is 14.0. The third kappa shape index (κ3) is 3.41. The molecule has 9 heteroatoms. The molecule has 1 aromatic carbocycles. The monoisotopic (exact) mass is 354 g/mol. The number of sulfonamides is 1. The van der Waals surface area contributed by atoms with Crippen molar-refractivity contribution < 1.29 is 12.8 Å². The maximum Gasteiger partial charge on any atom is 0.212 e. The highest BCUT2D eigenvalue weighted by molar-refractivity contribution is 7.89. The first-order valence-electron chi connectivity index (χ1n) is 7.05. The molecule has 0 spiro atoms. The first-order chi connectivity index (χ1) is 11.0. The van der Waals surface area contributed by atoms with Gasteiger partial charge in [0.05, 0.1) is 17.0 Å². The van der Waals surface area contributed by atoms with Crippen molar-refractivity contribution in [1.29, 1.82) is 0 Å². The molecule has 6 nitrogen and oxygen atoms in total. The van der Waals surface area contributed by atoms with Crippen molar-refractivity contribution in [3.63, 3.8) is 0 Å². The molecular formula is C14H15FN4O2S2. The molecule has 0 atom stereocenters. The molecule has 0 saturated heterocycles. The third-order valence-electron chi connectivity index (χ3n) is 3.35. The Kier molecular flexibility index (Phi) is 4.42. The molecule has 0 aliphatic carbocycles. The van der Waals surface area contributed by atoms with Crippen molar-refractivity contribution in [3.8, 4) is 11.4 Å². The van der Waals surface area contributed by atoms with Gasteiger partial charge >= 0.3 is 0 Å². The van der Waals surface area contributed by atoms with Gasteiger partial charge in [-0.3, -0.25) is 0 Å². The van der Waals surface area contributed by atoms with Crippen LogP contribution in [0.1, 0.15) is 12.6 Å². The predicted molar refractivity (Wildman–Crippen MR) is 87.4 cm³/mol. The van der Waals surface area contributed by atoms with E-state index in [1.165, 1.54) is 17.4 Å². The number of benzene rings is 1. The van der Waals surface area contributed by atoms with Gasteiger partial charge in [0, 0.05) is 18.3 Å². The quantitative estimate of drug-likeness (QED) is 0.735. The van der Waals surface area contributed by atoms with Crippen molar-refractivity contribution in [1.82, 2.24) is 19.3 Å². The molecule has 0 aliphatic rings. The van der Waals surface area contributed by atoms with E-state index in [0.717, 1.165) is 5.69 Å². The fourth-order valence-corrected chi connectivity index (χ4v) is 3.56. The van der Waals surface area contributed by atoms with E-state index < -0.39 is 10.0 Å². The molecule has 122 valence electrons. The highest BCUT2D eigenvalue weighted by Gasteiger charge is 2.14. The summed E-state index contributed by atoms with van der Waals surface area (Å²) in [4.78, 5) is 4.98. The van der Waals surface area contributed by atoms with Crippen LogP contribution in [0.3, 0.4) is 0 Å². The van der Waals surface area contributed by atoms with E-state index in [2.05, 4.69) is 14.8 Å². The van der Waals surface area contributed by atoms with Gasteiger partial charge in [-0.05, 0) is 19.1 Å². The van der Waals surface area contributed by atoms with E-state index in [0.29, 0.717) is 22.8 Å². The SMILES string of the molecule is CCS(=O)(=O)NCCc1csc2nc(-c3ccccc3F)nn12. The molecule has 0 bridgehead atoms. The van der Waals surface area contributed by atoms with Crippen LogP contribution in [0.25, 0.3) is 16.3 Å². The van der Waals surface area contributed by atoms with Crippen molar-refractivity contribution >= 4 is 26.3 Å². The third-order valence-corrected chi connectivity index (χ3v) is 5.62. The number of nitrogens with one attached hydrogen (secondary N) is 1. The topological polar surface area (TPSA) is 76.4 Å². The summed E-state index contributed by atoms with van der Waals surface area (Å²) < 4.78 is 40.8. The smallest absolute Gasteiger partial charge is 0.212 e. The van der Waals surface area contributed by atoms with Gasteiger partial charge in [-0.2, -0.15) is 4.98 Å². The van der Waals surface area contributed by atoms with Crippen molar-refractivity contribution in [3.05, 3.63) is 41.2 Å². The summed E-state index contributed by atoms with van der Waals surface area (Å²) in [5.41, 5.74) is 1.18. The van der Waals surface area contributed by atoms with Gasteiger partial charge in [0.2, 0.25) is 15.0 Å². The first-order valence-corrected chi connectivity index (χ1v) is 9.59. The molecule has 0 saturated carbocycles. The van der Waals surface area contributed by atoms with Gasteiger partial charge in [0.25, 0.3) is 0 Å². The Labute approximate surface area is 137 Å². The van der Waals surface area contributed by atoms with Crippen molar-refractivity contribution in [2.75, 3.05) is 12.3 Å². The number of aromatic nitrogens is 3. The Morgan fingerprint density at radius 1 is 1.35 bits per heavy atom. The van der Waals surface area contributed by atoms with Crippen LogP contribution in [-0.2, 0) is 16.4 Å². The Morgan fingerprint density at radius 3 is 2.87 bits per heavy atom. The number of hydrogen-bond donors (Lipinski definition) is 1. The van der Waals surface area contributed by atoms with Crippen LogP contribution in [-0.4, -0.2) is 35.3 Å². The van der Waals surface area contributed by atoms with E-state index in [1.54, 1.807) is 29.6 Å². The number of rotatable bonds is 6. The average molecular weight is 354 g/mol. The molecule has 2 heterocycles. The number of fused-ring (bicyclic) bond motifs is 1. The standard InChI is InChI=1S/C14H15FN4O2S2/c1-2-23(20,21)16-8-7-10-9-22-14-17-13(18-19(10)14)11-5-3-4-6-12(11)15/h3-6,9,16H,2,7-8H2,1H3. The minimum atomic E-state index is -3.21. The lowest BCUT2D eigenvalue weighted by Gasteiger charge is -2.03. The molecule has 3 rings (SSSR count). The maximum atomic E-state index is 13.8. The Bertz CT molecular complexity index is 933. The lowest BCUT2D eigenvalue weighted by Crippen LogP contribution is -2.27. The number of thiazole rings is 1. The first kappa shape index (κ1) is 16.0. The van der Waals surface area contributed by atoms with Crippen molar-refractivity contribution in [2.24, 2.45) is 0 Å². The highest BCUT2D eigenvalue weighted by Crippen LogP contribution is 2.23. The normalized spacial score (nSPS) is 12.1. The second kappa shape index (κ2) is 6.34. The summed E-state index contributed by atoms with van der Waals surface area (Å²) in [7, 11) is -3.21. The van der Waals surface area contributed by atoms with Crippen LogP contribution >= 0.6 is 11.3 Å². The molecule has 3 aromatic rings. The van der Waals surface area contributed by atoms with Gasteiger partial charge in [-0.25, -0.2) is 22.0 Å². The van der Waals surface area contributed by atoms with E-state index in [-0.39, 0.29) is 18.1 Å². The zero-order valence-electron chi connectivity index (χ0n) is 12.4. The molecule has 0 fully saturated rings. The Hall–Kier alpha value is -1.84. The number of halogens is 1. The van der Waals surface area contributed by atoms with Gasteiger partial charge in [-0.15, -0.1) is 16.4 Å². The van der Waals surface area contributed by atoms with E-state index in [4.69, 9.17) is 0 Å². The summed E-state index contributed by atoms with van der Waals surface area (Å²) in [6.07, 6.45) is 0.485. The maximum absolute atomic E-state index is 13.8. The second-order valence-electron chi connectivity index (χ2n) is 4.88. The molecule has 2 aromatic heterocycles. The summed E-state index contributed by atoms with van der Waals surface area (Å²) in [6, 6.07) is 6.34. The Balaban J connectivity index is 1.83. The number of hydrogen-bond acceptors (Lipinski definition) is 5. The van der Waals surface area contributed by atoms with Crippen LogP contribution in [0.15, 0.2) is 29.6 Å². The largest absolute Gasteiger partial charge is 0.215 e. The predicted octanol–water partition coefficient (Wildman–Crippen LogP) is 2.08. The lowest BCUT2D eigenvalue weighted by molar-refractivity contribution is 0.582. The average Bonchev–Trinajstić information content (AvgIpc) is 3.09. The summed E-state index contributed by atoms with van der Waals surface area (Å²) in [5, 5.41) is 6.21. The minimum Gasteiger partial charge on any atom is -0.215 e. The molecule has 0 unspecified atom stereocenters. The molecule has 0 radical (unpaired) electrons. The van der Waals surface area contributed by atoms with E-state index in [1.807, 2.05) is 5.38 Å². The van der Waals surface area contributed by atoms with Gasteiger partial charge < -0.3 is 0 Å². The van der Waals surface area contributed by atoms with Crippen LogP contribution in [0.4, 0.5) is 4.39 Å². The summed E-state index contributed by atoms with van der Waals surface area (Å²) in [6.45, 7) is 1.88. The van der Waals surface area contributed by atoms with Crippen LogP contribution < -0.4 is 4.72 Å². The van der Waals surface area contributed by atoms with Gasteiger partial charge in [0.15, 0.2) is 5.82 Å². The summed E-state index contributed by atoms with van der Waals surface area (Å²) in [5.74, 6) is 0.000592. The molecular weight excluding hydrogens is 339 g/mol. The summed E-state index contributed by atoms with van der Waals surface area (Å²) >= 11 is 1.39. The second-order valence-corrected chi connectivity index (χ2v) is 7.82. The molecule has 0 aliphatic heterocycles. The highest BCUT2D eigenvalue weighted by atomic mass is 32.2.